The number of rotatable bonds is 4. The van der Waals surface area contributed by atoms with Gasteiger partial charge in [0.15, 0.2) is 5.69 Å². The SMILES string of the molecule is Cc1ccc(Cn2nnc(C(=O)O)c2-c2cccc(F)c2)cc1. The predicted molar refractivity (Wildman–Crippen MR) is 82.7 cm³/mol. The Morgan fingerprint density at radius 1 is 1.22 bits per heavy atom. The van der Waals surface area contributed by atoms with Gasteiger partial charge in [-0.15, -0.1) is 5.10 Å². The quantitative estimate of drug-likeness (QED) is 0.803. The van der Waals surface area contributed by atoms with Crippen LogP contribution in [0.25, 0.3) is 11.3 Å². The van der Waals surface area contributed by atoms with Gasteiger partial charge in [0.25, 0.3) is 0 Å². The van der Waals surface area contributed by atoms with Crippen molar-refractivity contribution in [3.8, 4) is 11.3 Å². The highest BCUT2D eigenvalue weighted by atomic mass is 19.1. The summed E-state index contributed by atoms with van der Waals surface area (Å²) in [6.07, 6.45) is 0. The molecule has 1 aromatic heterocycles. The maximum atomic E-state index is 13.5. The average Bonchev–Trinajstić information content (AvgIpc) is 2.93. The molecule has 0 unspecified atom stereocenters. The highest BCUT2D eigenvalue weighted by molar-refractivity contribution is 5.92. The van der Waals surface area contributed by atoms with Crippen LogP contribution in [0.4, 0.5) is 4.39 Å². The molecule has 0 aliphatic carbocycles. The van der Waals surface area contributed by atoms with Gasteiger partial charge in [0.1, 0.15) is 11.5 Å². The fourth-order valence-corrected chi connectivity index (χ4v) is 2.36. The minimum atomic E-state index is -1.19. The van der Waals surface area contributed by atoms with Crippen LogP contribution in [-0.4, -0.2) is 26.1 Å². The zero-order valence-corrected chi connectivity index (χ0v) is 12.4. The zero-order valence-electron chi connectivity index (χ0n) is 12.4. The Balaban J connectivity index is 2.07. The molecule has 0 amide bonds. The van der Waals surface area contributed by atoms with E-state index in [1.807, 2.05) is 31.2 Å². The molecular weight excluding hydrogens is 297 g/mol. The van der Waals surface area contributed by atoms with E-state index in [9.17, 15) is 14.3 Å². The number of hydrogen-bond acceptors (Lipinski definition) is 3. The van der Waals surface area contributed by atoms with Gasteiger partial charge in [-0.05, 0) is 24.6 Å². The van der Waals surface area contributed by atoms with Gasteiger partial charge in [-0.25, -0.2) is 13.9 Å². The molecule has 0 saturated heterocycles. The number of aromatic carboxylic acids is 1. The van der Waals surface area contributed by atoms with Crippen molar-refractivity contribution in [1.29, 1.82) is 0 Å². The smallest absolute Gasteiger partial charge is 0.358 e. The van der Waals surface area contributed by atoms with Gasteiger partial charge in [0.05, 0.1) is 6.54 Å². The number of nitrogens with zero attached hydrogens (tertiary/aromatic N) is 3. The largest absolute Gasteiger partial charge is 0.476 e. The fourth-order valence-electron chi connectivity index (χ4n) is 2.36. The van der Waals surface area contributed by atoms with E-state index in [2.05, 4.69) is 10.3 Å². The summed E-state index contributed by atoms with van der Waals surface area (Å²) in [6.45, 7) is 2.34. The van der Waals surface area contributed by atoms with E-state index in [4.69, 9.17) is 0 Å². The highest BCUT2D eigenvalue weighted by Gasteiger charge is 2.21. The third-order valence-electron chi connectivity index (χ3n) is 3.49. The number of carboxylic acids is 1. The van der Waals surface area contributed by atoms with Gasteiger partial charge in [-0.2, -0.15) is 0 Å². The molecule has 3 rings (SSSR count). The van der Waals surface area contributed by atoms with Crippen molar-refractivity contribution < 1.29 is 14.3 Å². The molecule has 1 heterocycles. The van der Waals surface area contributed by atoms with Crippen LogP contribution >= 0.6 is 0 Å². The van der Waals surface area contributed by atoms with Crippen LogP contribution < -0.4 is 0 Å². The number of benzene rings is 2. The van der Waals surface area contributed by atoms with E-state index in [-0.39, 0.29) is 11.4 Å². The van der Waals surface area contributed by atoms with Crippen LogP contribution in [0.15, 0.2) is 48.5 Å². The first-order chi connectivity index (χ1) is 11.0. The molecule has 3 aromatic rings. The molecule has 0 radical (unpaired) electrons. The number of aromatic nitrogens is 3. The summed E-state index contributed by atoms with van der Waals surface area (Å²) in [7, 11) is 0. The molecule has 2 aromatic carbocycles. The first-order valence-electron chi connectivity index (χ1n) is 7.03. The summed E-state index contributed by atoms with van der Waals surface area (Å²) < 4.78 is 15.0. The number of carbonyl (C=O) groups is 1. The summed E-state index contributed by atoms with van der Waals surface area (Å²) in [5.74, 6) is -1.64. The Kier molecular flexibility index (Phi) is 3.89. The van der Waals surface area contributed by atoms with E-state index in [0.29, 0.717) is 12.1 Å². The summed E-state index contributed by atoms with van der Waals surface area (Å²) in [5, 5.41) is 17.0. The molecular formula is C17H14FN3O2. The van der Waals surface area contributed by atoms with Crippen molar-refractivity contribution in [3.63, 3.8) is 0 Å². The molecule has 0 atom stereocenters. The fraction of sp³-hybridized carbons (Fsp3) is 0.118. The summed E-state index contributed by atoms with van der Waals surface area (Å²) in [5.41, 5.74) is 2.61. The topological polar surface area (TPSA) is 68.0 Å². The van der Waals surface area contributed by atoms with Crippen molar-refractivity contribution in [3.05, 3.63) is 71.2 Å². The molecule has 0 aliphatic rings. The van der Waals surface area contributed by atoms with Crippen LogP contribution in [0.1, 0.15) is 21.6 Å². The van der Waals surface area contributed by atoms with E-state index >= 15 is 0 Å². The molecule has 0 bridgehead atoms. The van der Waals surface area contributed by atoms with Crippen molar-refractivity contribution >= 4 is 5.97 Å². The third kappa shape index (κ3) is 3.11. The summed E-state index contributed by atoms with van der Waals surface area (Å²) in [4.78, 5) is 11.4. The monoisotopic (exact) mass is 311 g/mol. The molecule has 0 spiro atoms. The summed E-state index contributed by atoms with van der Waals surface area (Å²) in [6, 6.07) is 13.5. The van der Waals surface area contributed by atoms with Crippen molar-refractivity contribution in [2.24, 2.45) is 0 Å². The third-order valence-corrected chi connectivity index (χ3v) is 3.49. The second-order valence-electron chi connectivity index (χ2n) is 5.25. The van der Waals surface area contributed by atoms with Gasteiger partial charge in [0.2, 0.25) is 0 Å². The standard InChI is InChI=1S/C17H14FN3O2/c1-11-5-7-12(8-6-11)10-21-16(15(17(22)23)19-20-21)13-3-2-4-14(18)9-13/h2-9H,10H2,1H3,(H,22,23). The number of carboxylic acid groups (broad SMARTS) is 1. The minimum absolute atomic E-state index is 0.192. The number of halogens is 1. The molecule has 1 N–H and O–H groups in total. The van der Waals surface area contributed by atoms with E-state index < -0.39 is 11.8 Å². The molecule has 0 fully saturated rings. The van der Waals surface area contributed by atoms with E-state index in [0.717, 1.165) is 11.1 Å². The van der Waals surface area contributed by atoms with Crippen LogP contribution in [-0.2, 0) is 6.54 Å². The zero-order chi connectivity index (χ0) is 16.4. The van der Waals surface area contributed by atoms with Crippen molar-refractivity contribution in [2.45, 2.75) is 13.5 Å². The lowest BCUT2D eigenvalue weighted by atomic mass is 10.1. The molecule has 0 aliphatic heterocycles. The van der Waals surface area contributed by atoms with E-state index in [1.165, 1.54) is 22.9 Å². The molecule has 23 heavy (non-hydrogen) atoms. The number of hydrogen-bond donors (Lipinski definition) is 1. The van der Waals surface area contributed by atoms with Gasteiger partial charge < -0.3 is 5.11 Å². The van der Waals surface area contributed by atoms with Gasteiger partial charge in [-0.1, -0.05) is 47.2 Å². The first-order valence-corrected chi connectivity index (χ1v) is 7.03. The second-order valence-corrected chi connectivity index (χ2v) is 5.25. The van der Waals surface area contributed by atoms with E-state index in [1.54, 1.807) is 6.07 Å². The summed E-state index contributed by atoms with van der Waals surface area (Å²) >= 11 is 0. The Hall–Kier alpha value is -3.02. The van der Waals surface area contributed by atoms with Crippen LogP contribution in [0, 0.1) is 12.7 Å². The predicted octanol–water partition coefficient (Wildman–Crippen LogP) is 3.14. The number of aryl methyl sites for hydroxylation is 1. The van der Waals surface area contributed by atoms with Crippen molar-refractivity contribution in [2.75, 3.05) is 0 Å². The highest BCUT2D eigenvalue weighted by Crippen LogP contribution is 2.24. The maximum Gasteiger partial charge on any atom is 0.358 e. The normalized spacial score (nSPS) is 10.7. The molecule has 0 saturated carbocycles. The average molecular weight is 311 g/mol. The van der Waals surface area contributed by atoms with Gasteiger partial charge in [-0.3, -0.25) is 0 Å². The van der Waals surface area contributed by atoms with Crippen LogP contribution in [0.3, 0.4) is 0 Å². The van der Waals surface area contributed by atoms with Crippen LogP contribution in [0.2, 0.25) is 0 Å². The van der Waals surface area contributed by atoms with Crippen molar-refractivity contribution in [1.82, 2.24) is 15.0 Å². The van der Waals surface area contributed by atoms with Gasteiger partial charge in [0, 0.05) is 5.56 Å². The second kappa shape index (κ2) is 6.00. The van der Waals surface area contributed by atoms with Gasteiger partial charge >= 0.3 is 5.97 Å². The molecule has 6 heteroatoms. The lowest BCUT2D eigenvalue weighted by Gasteiger charge is -2.08. The Morgan fingerprint density at radius 3 is 2.61 bits per heavy atom. The van der Waals surface area contributed by atoms with Crippen LogP contribution in [0.5, 0.6) is 0 Å². The minimum Gasteiger partial charge on any atom is -0.476 e. The Bertz CT molecular complexity index is 857. The first kappa shape index (κ1) is 14.9. The molecule has 5 nitrogen and oxygen atoms in total. The lowest BCUT2D eigenvalue weighted by molar-refractivity contribution is 0.0691. The maximum absolute atomic E-state index is 13.5. The Labute approximate surface area is 132 Å². The molecule has 116 valence electrons. The Morgan fingerprint density at radius 2 is 1.96 bits per heavy atom. The lowest BCUT2D eigenvalue weighted by Crippen LogP contribution is -2.06.